The monoisotopic (exact) mass is 769 g/mol. The summed E-state index contributed by atoms with van der Waals surface area (Å²) in [4.78, 5) is 2.44. The van der Waals surface area contributed by atoms with Crippen LogP contribution in [-0.2, 0) is 10.8 Å². The lowest BCUT2D eigenvalue weighted by atomic mass is 9.54. The number of hydrogen-bond acceptors (Lipinski definition) is 2. The Kier molecular flexibility index (Phi) is 7.65. The van der Waals surface area contributed by atoms with Crippen LogP contribution in [0.4, 0.5) is 17.1 Å². The summed E-state index contributed by atoms with van der Waals surface area (Å²) < 4.78 is 6.48. The molecule has 0 amide bonds. The van der Waals surface area contributed by atoms with Crippen molar-refractivity contribution in [3.05, 3.63) is 239 Å². The van der Waals surface area contributed by atoms with Crippen molar-refractivity contribution in [1.82, 2.24) is 0 Å². The molecule has 1 spiro atoms. The van der Waals surface area contributed by atoms with Gasteiger partial charge in [0.25, 0.3) is 0 Å². The van der Waals surface area contributed by atoms with Gasteiger partial charge in [-0.25, -0.2) is 0 Å². The molecule has 0 radical (unpaired) electrons. The van der Waals surface area contributed by atoms with Crippen molar-refractivity contribution in [3.8, 4) is 22.3 Å². The van der Waals surface area contributed by atoms with E-state index >= 15 is 0 Å². The van der Waals surface area contributed by atoms with Gasteiger partial charge in [0.15, 0.2) is 0 Å². The molecule has 0 bridgehead atoms. The Bertz CT molecular complexity index is 3160. The van der Waals surface area contributed by atoms with Crippen molar-refractivity contribution in [3.63, 3.8) is 0 Å². The molecule has 0 saturated carbocycles. The highest BCUT2D eigenvalue weighted by atomic mass is 16.3. The Balaban J connectivity index is 1.06. The number of anilines is 3. The molecule has 1 heterocycles. The fraction of sp³-hybridized carbons (Fsp3) is 0.103. The molecule has 0 saturated heterocycles. The minimum Gasteiger partial charge on any atom is -0.455 e. The molecular weight excluding hydrogens is 727 g/mol. The van der Waals surface area contributed by atoms with Crippen LogP contribution in [0.15, 0.2) is 210 Å². The van der Waals surface area contributed by atoms with E-state index < -0.39 is 5.41 Å². The number of allylic oxidation sites excluding steroid dienone is 4. The van der Waals surface area contributed by atoms with E-state index in [0.29, 0.717) is 0 Å². The van der Waals surface area contributed by atoms with Crippen LogP contribution >= 0.6 is 0 Å². The van der Waals surface area contributed by atoms with Gasteiger partial charge in [-0.2, -0.15) is 0 Å². The highest BCUT2D eigenvalue weighted by Gasteiger charge is 2.54. The average molecular weight is 770 g/mol. The van der Waals surface area contributed by atoms with E-state index in [1.54, 1.807) is 0 Å². The van der Waals surface area contributed by atoms with Gasteiger partial charge in [0.1, 0.15) is 11.2 Å². The quantitative estimate of drug-likeness (QED) is 0.173. The van der Waals surface area contributed by atoms with Gasteiger partial charge < -0.3 is 9.32 Å². The number of para-hydroxylation sites is 2. The Hall–Kier alpha value is -7.16. The van der Waals surface area contributed by atoms with Crippen molar-refractivity contribution >= 4 is 44.6 Å². The Morgan fingerprint density at radius 1 is 0.467 bits per heavy atom. The molecule has 1 aromatic heterocycles. The average Bonchev–Trinajstić information content (AvgIpc) is 3.83. The van der Waals surface area contributed by atoms with Gasteiger partial charge in [-0.1, -0.05) is 172 Å². The first-order valence-electron chi connectivity index (χ1n) is 21.2. The molecule has 0 atom stereocenters. The zero-order chi connectivity index (χ0) is 40.0. The third-order valence-electron chi connectivity index (χ3n) is 13.7. The molecule has 0 N–H and O–H groups in total. The maximum atomic E-state index is 6.48. The smallest absolute Gasteiger partial charge is 0.143 e. The van der Waals surface area contributed by atoms with Crippen molar-refractivity contribution in [2.45, 2.75) is 37.5 Å². The van der Waals surface area contributed by atoms with Gasteiger partial charge in [-0.15, -0.1) is 0 Å². The van der Waals surface area contributed by atoms with Crippen LogP contribution in [0.3, 0.4) is 0 Å². The summed E-state index contributed by atoms with van der Waals surface area (Å²) >= 11 is 0. The van der Waals surface area contributed by atoms with Gasteiger partial charge >= 0.3 is 0 Å². The molecule has 0 unspecified atom stereocenters. The molecule has 2 nitrogen and oxygen atoms in total. The zero-order valence-corrected chi connectivity index (χ0v) is 33.8. The second-order valence-corrected chi connectivity index (χ2v) is 17.1. The van der Waals surface area contributed by atoms with Crippen molar-refractivity contribution < 1.29 is 4.42 Å². The predicted molar refractivity (Wildman–Crippen MR) is 249 cm³/mol. The van der Waals surface area contributed by atoms with E-state index in [4.69, 9.17) is 4.42 Å². The molecule has 8 aromatic carbocycles. The fourth-order valence-corrected chi connectivity index (χ4v) is 10.9. The van der Waals surface area contributed by atoms with E-state index in [9.17, 15) is 0 Å². The first kappa shape index (κ1) is 34.8. The number of furan rings is 1. The molecule has 12 rings (SSSR count). The van der Waals surface area contributed by atoms with E-state index in [-0.39, 0.29) is 5.41 Å². The molecule has 2 heteroatoms. The number of nitrogens with zero attached hydrogens (tertiary/aromatic N) is 1. The maximum absolute atomic E-state index is 6.48. The van der Waals surface area contributed by atoms with Gasteiger partial charge in [0.05, 0.1) is 5.41 Å². The van der Waals surface area contributed by atoms with Gasteiger partial charge in [-0.05, 0) is 117 Å². The normalized spacial score (nSPS) is 15.5. The largest absolute Gasteiger partial charge is 0.455 e. The highest BCUT2D eigenvalue weighted by molar-refractivity contribution is 6.09. The molecule has 0 aliphatic heterocycles. The first-order valence-corrected chi connectivity index (χ1v) is 21.2. The third kappa shape index (κ3) is 4.94. The maximum Gasteiger partial charge on any atom is 0.143 e. The number of fused-ring (bicyclic) bond motifs is 11. The molecule has 9 aromatic rings. The standard InChI is InChI=1S/C58H43NO/c1-57(2)50-22-9-11-24-52(50)58(53-25-12-10-23-51(53)57)49-21-8-6-17-45(49)46-36-35-43(37-54(46)58)59(41-31-27-39(28-32-41)38-15-4-3-5-16-38)42-33-29-40(30-34-42)44-19-14-20-48-47-18-7-13-26-55(47)60-56(44)48/h3-7,9-20,22-37H,8,21H2,1-2H3. The van der Waals surface area contributed by atoms with Crippen LogP contribution in [0.1, 0.15) is 60.1 Å². The molecule has 3 aliphatic rings. The second kappa shape index (κ2) is 13.2. The SMILES string of the molecule is CC1(C)c2ccccc2C2(C3=C(C=CCC3)c3ccc(N(c4ccc(-c5ccccc5)cc4)c4ccc(-c5cccc6c5oc5ccccc56)cc4)cc32)c2ccccc21. The van der Waals surface area contributed by atoms with Crippen LogP contribution < -0.4 is 4.90 Å². The summed E-state index contributed by atoms with van der Waals surface area (Å²) in [5.74, 6) is 0. The highest BCUT2D eigenvalue weighted by Crippen LogP contribution is 2.63. The van der Waals surface area contributed by atoms with E-state index in [0.717, 1.165) is 63.0 Å². The van der Waals surface area contributed by atoms with Crippen LogP contribution in [0.2, 0.25) is 0 Å². The molecule has 60 heavy (non-hydrogen) atoms. The minimum absolute atomic E-state index is 0.134. The minimum atomic E-state index is -0.397. The fourth-order valence-electron chi connectivity index (χ4n) is 10.9. The van der Waals surface area contributed by atoms with E-state index in [2.05, 4.69) is 213 Å². The Morgan fingerprint density at radius 2 is 1.05 bits per heavy atom. The van der Waals surface area contributed by atoms with Gasteiger partial charge in [0, 0.05) is 38.8 Å². The predicted octanol–water partition coefficient (Wildman–Crippen LogP) is 15.5. The Morgan fingerprint density at radius 3 is 1.77 bits per heavy atom. The summed E-state index contributed by atoms with van der Waals surface area (Å²) in [5.41, 5.74) is 20.5. The number of rotatable bonds is 5. The van der Waals surface area contributed by atoms with Gasteiger partial charge in [-0.3, -0.25) is 0 Å². The summed E-state index contributed by atoms with van der Waals surface area (Å²) in [6.45, 7) is 4.80. The first-order chi connectivity index (χ1) is 29.5. The van der Waals surface area contributed by atoms with Crippen molar-refractivity contribution in [2.75, 3.05) is 4.90 Å². The molecule has 286 valence electrons. The number of benzene rings is 8. The van der Waals surface area contributed by atoms with Crippen LogP contribution in [-0.4, -0.2) is 0 Å². The zero-order valence-electron chi connectivity index (χ0n) is 33.8. The lowest BCUT2D eigenvalue weighted by molar-refractivity contribution is 0.550. The van der Waals surface area contributed by atoms with Crippen LogP contribution in [0.5, 0.6) is 0 Å². The van der Waals surface area contributed by atoms with Crippen LogP contribution in [0, 0.1) is 0 Å². The van der Waals surface area contributed by atoms with Gasteiger partial charge in [0.2, 0.25) is 0 Å². The molecule has 0 fully saturated rings. The number of hydrogen-bond donors (Lipinski definition) is 0. The van der Waals surface area contributed by atoms with E-state index in [1.807, 2.05) is 6.07 Å². The topological polar surface area (TPSA) is 16.4 Å². The lowest BCUT2D eigenvalue weighted by Crippen LogP contribution is -2.41. The molecule has 3 aliphatic carbocycles. The van der Waals surface area contributed by atoms with Crippen molar-refractivity contribution in [2.24, 2.45) is 0 Å². The third-order valence-corrected chi connectivity index (χ3v) is 13.7. The summed E-state index contributed by atoms with van der Waals surface area (Å²) in [5, 5.41) is 2.28. The van der Waals surface area contributed by atoms with Crippen molar-refractivity contribution in [1.29, 1.82) is 0 Å². The lowest BCUT2D eigenvalue weighted by Gasteiger charge is -2.48. The van der Waals surface area contributed by atoms with Crippen LogP contribution in [0.25, 0.3) is 49.8 Å². The second-order valence-electron chi connectivity index (χ2n) is 17.1. The van der Waals surface area contributed by atoms with E-state index in [1.165, 1.54) is 55.7 Å². The summed E-state index contributed by atoms with van der Waals surface area (Å²) in [6, 6.07) is 69.3. The summed E-state index contributed by atoms with van der Waals surface area (Å²) in [6.07, 6.45) is 6.85. The molecular formula is C58H43NO. The summed E-state index contributed by atoms with van der Waals surface area (Å²) in [7, 11) is 0. The Labute approximate surface area is 351 Å².